The minimum absolute atomic E-state index is 0.0646. The first kappa shape index (κ1) is 22.0. The van der Waals surface area contributed by atoms with Gasteiger partial charge in [0.05, 0.1) is 12.0 Å². The van der Waals surface area contributed by atoms with Crippen LogP contribution in [0.15, 0.2) is 77.7 Å². The van der Waals surface area contributed by atoms with Crippen LogP contribution in [0.1, 0.15) is 35.7 Å². The van der Waals surface area contributed by atoms with Crippen molar-refractivity contribution >= 4 is 15.9 Å². The summed E-state index contributed by atoms with van der Waals surface area (Å²) in [5.41, 5.74) is 3.21. The van der Waals surface area contributed by atoms with E-state index in [1.807, 2.05) is 42.5 Å². The van der Waals surface area contributed by atoms with E-state index < -0.39 is 10.0 Å². The van der Waals surface area contributed by atoms with Gasteiger partial charge >= 0.3 is 0 Å². The van der Waals surface area contributed by atoms with Gasteiger partial charge in [0, 0.05) is 23.1 Å². The predicted octanol–water partition coefficient (Wildman–Crippen LogP) is 3.93. The zero-order valence-corrected chi connectivity index (χ0v) is 19.0. The van der Waals surface area contributed by atoms with Gasteiger partial charge in [-0.15, -0.1) is 0 Å². The second kappa shape index (κ2) is 8.07. The summed E-state index contributed by atoms with van der Waals surface area (Å²) >= 11 is 0. The van der Waals surface area contributed by atoms with E-state index in [0.717, 1.165) is 22.4 Å². The lowest BCUT2D eigenvalue weighted by Crippen LogP contribution is -2.28. The van der Waals surface area contributed by atoms with Crippen LogP contribution in [-0.4, -0.2) is 27.5 Å². The van der Waals surface area contributed by atoms with Gasteiger partial charge in [0.2, 0.25) is 10.0 Å². The number of primary sulfonamides is 1. The zero-order valence-electron chi connectivity index (χ0n) is 18.2. The highest BCUT2D eigenvalue weighted by Gasteiger charge is 2.59. The van der Waals surface area contributed by atoms with Gasteiger partial charge in [-0.05, 0) is 46.9 Å². The summed E-state index contributed by atoms with van der Waals surface area (Å²) < 4.78 is 28.5. The van der Waals surface area contributed by atoms with Gasteiger partial charge in [-0.1, -0.05) is 56.3 Å². The first-order valence-corrected chi connectivity index (χ1v) is 11.8. The third kappa shape index (κ3) is 4.13. The molecule has 1 fully saturated rings. The van der Waals surface area contributed by atoms with Gasteiger partial charge in [-0.3, -0.25) is 4.79 Å². The third-order valence-electron chi connectivity index (χ3n) is 6.22. The number of sulfonamides is 1. The summed E-state index contributed by atoms with van der Waals surface area (Å²) in [5.74, 6) is 0.679. The lowest BCUT2D eigenvalue weighted by molar-refractivity contribution is 0.0946. The Morgan fingerprint density at radius 2 is 1.69 bits per heavy atom. The average molecular weight is 451 g/mol. The highest BCUT2D eigenvalue weighted by atomic mass is 32.2. The summed E-state index contributed by atoms with van der Waals surface area (Å²) in [4.78, 5) is 13.1. The third-order valence-corrected chi connectivity index (χ3v) is 7.15. The molecule has 1 aliphatic carbocycles. The Morgan fingerprint density at radius 1 is 1.00 bits per heavy atom. The van der Waals surface area contributed by atoms with Crippen molar-refractivity contribution in [3.8, 4) is 16.9 Å². The lowest BCUT2D eigenvalue weighted by atomic mass is 10.0. The molecule has 1 saturated carbocycles. The van der Waals surface area contributed by atoms with E-state index in [0.29, 0.717) is 5.56 Å². The molecule has 1 amide bonds. The van der Waals surface area contributed by atoms with Crippen LogP contribution in [0.2, 0.25) is 0 Å². The summed E-state index contributed by atoms with van der Waals surface area (Å²) in [6.07, 6.45) is 0. The van der Waals surface area contributed by atoms with Crippen LogP contribution >= 0.6 is 0 Å². The molecule has 2 atom stereocenters. The van der Waals surface area contributed by atoms with Crippen LogP contribution in [-0.2, 0) is 10.0 Å². The fraction of sp³-hybridized carbons (Fsp3) is 0.240. The molecule has 0 spiro atoms. The van der Waals surface area contributed by atoms with Crippen LogP contribution in [0.4, 0.5) is 0 Å². The number of ether oxygens (including phenoxy) is 1. The minimum Gasteiger partial charge on any atom is -0.496 e. The maximum absolute atomic E-state index is 13.0. The number of hydrogen-bond donors (Lipinski definition) is 2. The maximum atomic E-state index is 13.0. The molecule has 0 bridgehead atoms. The van der Waals surface area contributed by atoms with Crippen molar-refractivity contribution in [3.05, 3.63) is 83.9 Å². The second-order valence-electron chi connectivity index (χ2n) is 8.65. The molecule has 0 aromatic heterocycles. The normalized spacial score (nSPS) is 19.2. The Hall–Kier alpha value is -3.16. The molecule has 166 valence electrons. The van der Waals surface area contributed by atoms with E-state index in [9.17, 15) is 13.2 Å². The van der Waals surface area contributed by atoms with Crippen molar-refractivity contribution < 1.29 is 17.9 Å². The quantitative estimate of drug-likeness (QED) is 0.594. The summed E-state index contributed by atoms with van der Waals surface area (Å²) in [7, 11) is -2.11. The van der Waals surface area contributed by atoms with Gasteiger partial charge in [-0.2, -0.15) is 0 Å². The van der Waals surface area contributed by atoms with Crippen LogP contribution in [0, 0.1) is 5.41 Å². The Labute approximate surface area is 188 Å². The molecule has 6 nitrogen and oxygen atoms in total. The van der Waals surface area contributed by atoms with Crippen LogP contribution in [0.3, 0.4) is 0 Å². The van der Waals surface area contributed by atoms with E-state index in [4.69, 9.17) is 9.88 Å². The molecule has 4 rings (SSSR count). The van der Waals surface area contributed by atoms with Gasteiger partial charge in [0.15, 0.2) is 0 Å². The summed E-state index contributed by atoms with van der Waals surface area (Å²) in [6, 6.07) is 21.6. The fourth-order valence-corrected chi connectivity index (χ4v) is 4.85. The van der Waals surface area contributed by atoms with Crippen molar-refractivity contribution in [1.82, 2.24) is 5.32 Å². The highest BCUT2D eigenvalue weighted by Crippen LogP contribution is 2.58. The van der Waals surface area contributed by atoms with E-state index >= 15 is 0 Å². The zero-order chi connectivity index (χ0) is 23.1. The molecule has 1 aliphatic rings. The average Bonchev–Trinajstić information content (AvgIpc) is 3.32. The molecule has 32 heavy (non-hydrogen) atoms. The molecular formula is C25H26N2O4S. The molecule has 0 heterocycles. The smallest absolute Gasteiger partial charge is 0.251 e. The predicted molar refractivity (Wildman–Crippen MR) is 124 cm³/mol. The Balaban J connectivity index is 1.53. The Morgan fingerprint density at radius 3 is 2.34 bits per heavy atom. The number of nitrogens with one attached hydrogen (secondary N) is 1. The van der Waals surface area contributed by atoms with E-state index in [1.54, 1.807) is 25.3 Å². The highest BCUT2D eigenvalue weighted by molar-refractivity contribution is 7.89. The van der Waals surface area contributed by atoms with Gasteiger partial charge in [-0.25, -0.2) is 13.6 Å². The topological polar surface area (TPSA) is 98.5 Å². The van der Waals surface area contributed by atoms with Crippen LogP contribution in [0.5, 0.6) is 5.75 Å². The number of rotatable bonds is 6. The standard InChI is InChI=1S/C25H26N2O4S/c1-25(2)22(16-11-13-19(14-12-16)32(26,29)30)23(25)27-24(28)18-8-6-7-17(15-18)20-9-4-5-10-21(20)31-3/h4-15,22-23H,1-3H3,(H,27,28)(H2,26,29,30)/t22-,23-/m1/s1. The molecule has 0 radical (unpaired) electrons. The molecule has 0 saturated heterocycles. The van der Waals surface area contributed by atoms with Gasteiger partial charge in [0.1, 0.15) is 5.75 Å². The van der Waals surface area contributed by atoms with Crippen molar-refractivity contribution in [2.24, 2.45) is 10.6 Å². The molecule has 0 unspecified atom stereocenters. The van der Waals surface area contributed by atoms with E-state index in [2.05, 4.69) is 19.2 Å². The van der Waals surface area contributed by atoms with Gasteiger partial charge in [0.25, 0.3) is 5.91 Å². The van der Waals surface area contributed by atoms with E-state index in [-0.39, 0.29) is 28.2 Å². The van der Waals surface area contributed by atoms with Crippen LogP contribution < -0.4 is 15.2 Å². The SMILES string of the molecule is COc1ccccc1-c1cccc(C(=O)N[C@@H]2[C@@H](c3ccc(S(N)(=O)=O)cc3)C2(C)C)c1. The largest absolute Gasteiger partial charge is 0.496 e. The van der Waals surface area contributed by atoms with Crippen molar-refractivity contribution in [1.29, 1.82) is 0 Å². The number of methoxy groups -OCH3 is 1. The fourth-order valence-electron chi connectivity index (χ4n) is 4.33. The molecule has 3 aromatic rings. The van der Waals surface area contributed by atoms with Crippen molar-refractivity contribution in [2.45, 2.75) is 30.7 Å². The minimum atomic E-state index is -3.73. The number of hydrogen-bond acceptors (Lipinski definition) is 4. The first-order chi connectivity index (χ1) is 15.1. The number of para-hydroxylation sites is 1. The van der Waals surface area contributed by atoms with Crippen LogP contribution in [0.25, 0.3) is 11.1 Å². The molecule has 3 aromatic carbocycles. The number of carbonyl (C=O) groups is 1. The molecule has 0 aliphatic heterocycles. The summed E-state index contributed by atoms with van der Waals surface area (Å²) in [6.45, 7) is 4.17. The van der Waals surface area contributed by atoms with Crippen molar-refractivity contribution in [2.75, 3.05) is 7.11 Å². The maximum Gasteiger partial charge on any atom is 0.251 e. The Kier molecular flexibility index (Phi) is 5.56. The Bertz CT molecular complexity index is 1270. The van der Waals surface area contributed by atoms with Crippen molar-refractivity contribution in [3.63, 3.8) is 0 Å². The second-order valence-corrected chi connectivity index (χ2v) is 10.2. The molecule has 3 N–H and O–H groups in total. The number of benzene rings is 3. The number of carbonyl (C=O) groups excluding carboxylic acids is 1. The number of nitrogens with two attached hydrogens (primary N) is 1. The molecule has 7 heteroatoms. The number of amides is 1. The van der Waals surface area contributed by atoms with E-state index in [1.165, 1.54) is 12.1 Å². The molecular weight excluding hydrogens is 424 g/mol. The summed E-state index contributed by atoms with van der Waals surface area (Å²) in [5, 5.41) is 8.34. The monoisotopic (exact) mass is 450 g/mol. The van der Waals surface area contributed by atoms with Gasteiger partial charge < -0.3 is 10.1 Å². The lowest BCUT2D eigenvalue weighted by Gasteiger charge is -2.11. The first-order valence-electron chi connectivity index (χ1n) is 10.3.